The van der Waals surface area contributed by atoms with Crippen LogP contribution in [0.3, 0.4) is 0 Å². The molecule has 0 amide bonds. The van der Waals surface area contributed by atoms with Crippen LogP contribution in [0.5, 0.6) is 0 Å². The molecule has 5 nitrogen and oxygen atoms in total. The SMILES string of the molecule is CN(C)C1(/C(O)=C(/C(=[NH2+])c2c(Cl)cc(Cl)cc2Cl)C(=O)O)CC1. The van der Waals surface area contributed by atoms with Crippen LogP contribution in [0.4, 0.5) is 0 Å². The maximum absolute atomic E-state index is 11.7. The van der Waals surface area contributed by atoms with Gasteiger partial charge < -0.3 is 10.2 Å². The number of rotatable bonds is 5. The molecule has 0 aromatic heterocycles. The van der Waals surface area contributed by atoms with Crippen molar-refractivity contribution < 1.29 is 20.4 Å². The van der Waals surface area contributed by atoms with Gasteiger partial charge in [0.2, 0.25) is 5.71 Å². The first-order valence-corrected chi connectivity index (χ1v) is 7.87. The van der Waals surface area contributed by atoms with Crippen LogP contribution in [0.2, 0.25) is 15.1 Å². The molecule has 0 heterocycles. The number of carboxylic acids is 1. The molecule has 0 saturated heterocycles. The smallest absolute Gasteiger partial charge is 0.346 e. The summed E-state index contributed by atoms with van der Waals surface area (Å²) >= 11 is 18.0. The van der Waals surface area contributed by atoms with Crippen LogP contribution in [-0.4, -0.2) is 46.4 Å². The average Bonchev–Trinajstić information content (AvgIpc) is 3.17. The predicted octanol–water partition coefficient (Wildman–Crippen LogP) is 2.19. The minimum Gasteiger partial charge on any atom is -0.509 e. The number of aliphatic hydroxyl groups excluding tert-OH is 1. The summed E-state index contributed by atoms with van der Waals surface area (Å²) in [5.41, 5.74) is -1.18. The number of hydrogen-bond acceptors (Lipinski definition) is 3. The van der Waals surface area contributed by atoms with Gasteiger partial charge in [0.15, 0.2) is 5.57 Å². The van der Waals surface area contributed by atoms with E-state index in [2.05, 4.69) is 0 Å². The number of aliphatic carboxylic acids is 1. The van der Waals surface area contributed by atoms with Gasteiger partial charge >= 0.3 is 5.97 Å². The molecule has 0 unspecified atom stereocenters. The first kappa shape index (κ1) is 18.1. The molecule has 0 spiro atoms. The quantitative estimate of drug-likeness (QED) is 0.416. The fraction of sp³-hybridized carbons (Fsp3) is 0.333. The van der Waals surface area contributed by atoms with E-state index >= 15 is 0 Å². The molecular weight excluding hydrogens is 363 g/mol. The van der Waals surface area contributed by atoms with Gasteiger partial charge in [0.25, 0.3) is 0 Å². The van der Waals surface area contributed by atoms with Gasteiger partial charge in [0.05, 0.1) is 21.1 Å². The lowest BCUT2D eigenvalue weighted by Crippen LogP contribution is -2.46. The Morgan fingerprint density at radius 2 is 1.65 bits per heavy atom. The molecule has 124 valence electrons. The minimum atomic E-state index is -1.35. The fourth-order valence-corrected chi connectivity index (χ4v) is 3.54. The van der Waals surface area contributed by atoms with E-state index in [1.54, 1.807) is 19.0 Å². The van der Waals surface area contributed by atoms with Crippen molar-refractivity contribution in [2.24, 2.45) is 0 Å². The summed E-state index contributed by atoms with van der Waals surface area (Å²) in [6.07, 6.45) is 1.27. The molecule has 0 radical (unpaired) electrons. The van der Waals surface area contributed by atoms with Crippen LogP contribution < -0.4 is 5.41 Å². The Kier molecular flexibility index (Phi) is 4.97. The predicted molar refractivity (Wildman–Crippen MR) is 90.4 cm³/mol. The number of carboxylic acid groups (broad SMARTS) is 1. The van der Waals surface area contributed by atoms with Gasteiger partial charge in [-0.3, -0.25) is 10.3 Å². The molecule has 0 aliphatic heterocycles. The van der Waals surface area contributed by atoms with E-state index in [-0.39, 0.29) is 27.1 Å². The highest BCUT2D eigenvalue weighted by atomic mass is 35.5. The van der Waals surface area contributed by atoms with Crippen LogP contribution in [-0.2, 0) is 4.79 Å². The van der Waals surface area contributed by atoms with E-state index < -0.39 is 17.1 Å². The number of carbonyl (C=O) groups is 1. The van der Waals surface area contributed by atoms with Crippen molar-refractivity contribution in [1.29, 1.82) is 0 Å². The molecule has 1 fully saturated rings. The summed E-state index contributed by atoms with van der Waals surface area (Å²) in [4.78, 5) is 13.5. The first-order valence-electron chi connectivity index (χ1n) is 6.74. The van der Waals surface area contributed by atoms with Crippen molar-refractivity contribution in [2.75, 3.05) is 14.1 Å². The molecule has 1 aliphatic rings. The van der Waals surface area contributed by atoms with Crippen LogP contribution in [0.15, 0.2) is 23.5 Å². The second kappa shape index (κ2) is 6.32. The number of nitrogens with two attached hydrogens (primary N) is 1. The van der Waals surface area contributed by atoms with Crippen molar-refractivity contribution in [2.45, 2.75) is 18.4 Å². The molecule has 1 aromatic carbocycles. The first-order chi connectivity index (χ1) is 10.6. The number of aliphatic hydroxyl groups is 1. The van der Waals surface area contributed by atoms with Gasteiger partial charge in [-0.15, -0.1) is 0 Å². The Morgan fingerprint density at radius 3 is 2.00 bits per heavy atom. The maximum Gasteiger partial charge on any atom is 0.346 e. The molecular formula is C15H16Cl3N2O3+. The zero-order chi connectivity index (χ0) is 17.5. The Balaban J connectivity index is 2.61. The Morgan fingerprint density at radius 1 is 1.17 bits per heavy atom. The molecule has 2 rings (SSSR count). The molecule has 4 N–H and O–H groups in total. The van der Waals surface area contributed by atoms with Crippen molar-refractivity contribution >= 4 is 46.5 Å². The Labute approximate surface area is 148 Å². The monoisotopic (exact) mass is 377 g/mol. The van der Waals surface area contributed by atoms with Gasteiger partial charge in [0, 0.05) is 5.02 Å². The molecule has 23 heavy (non-hydrogen) atoms. The minimum absolute atomic E-state index is 0.112. The van der Waals surface area contributed by atoms with Gasteiger partial charge in [0.1, 0.15) is 5.76 Å². The number of nitrogens with zero attached hydrogens (tertiary/aromatic N) is 1. The highest BCUT2D eigenvalue weighted by molar-refractivity contribution is 6.44. The summed E-state index contributed by atoms with van der Waals surface area (Å²) < 4.78 is 0. The van der Waals surface area contributed by atoms with E-state index in [1.807, 2.05) is 0 Å². The zero-order valence-electron chi connectivity index (χ0n) is 12.5. The number of benzene rings is 1. The number of halogens is 3. The highest BCUT2D eigenvalue weighted by Crippen LogP contribution is 2.46. The van der Waals surface area contributed by atoms with Gasteiger partial charge in [-0.25, -0.2) is 4.79 Å². The number of hydrogen-bond donors (Lipinski definition) is 3. The summed E-state index contributed by atoms with van der Waals surface area (Å²) in [5, 5.41) is 26.6. The van der Waals surface area contributed by atoms with E-state index in [1.165, 1.54) is 12.1 Å². The molecule has 0 atom stereocenters. The third-order valence-corrected chi connectivity index (χ3v) is 4.83. The third kappa shape index (κ3) is 3.19. The molecule has 8 heteroatoms. The second-order valence-electron chi connectivity index (χ2n) is 5.61. The second-order valence-corrected chi connectivity index (χ2v) is 6.86. The largest absolute Gasteiger partial charge is 0.509 e. The lowest BCUT2D eigenvalue weighted by atomic mass is 9.97. The third-order valence-electron chi connectivity index (χ3n) is 4.02. The van der Waals surface area contributed by atoms with Crippen LogP contribution >= 0.6 is 34.8 Å². The Bertz CT molecular complexity index is 702. The van der Waals surface area contributed by atoms with Gasteiger partial charge in [-0.2, -0.15) is 0 Å². The van der Waals surface area contributed by atoms with Crippen LogP contribution in [0, 0.1) is 0 Å². The molecule has 0 bridgehead atoms. The molecule has 1 aromatic rings. The van der Waals surface area contributed by atoms with Crippen LogP contribution in [0.1, 0.15) is 18.4 Å². The maximum atomic E-state index is 11.7. The Hall–Kier alpha value is -1.27. The topological polar surface area (TPSA) is 86.4 Å². The van der Waals surface area contributed by atoms with E-state index in [9.17, 15) is 15.0 Å². The summed E-state index contributed by atoms with van der Waals surface area (Å²) in [5.74, 6) is -1.65. The standard InChI is InChI=1S/C15H15Cl3N2O3/c1-20(2)15(3-4-15)13(21)11(14(22)23)12(19)10-8(17)5-7(16)6-9(10)18/h5-6,19,21H,3-4H2,1-2H3,(H,22,23)/p+1/b13-11+,19-12?. The lowest BCUT2D eigenvalue weighted by molar-refractivity contribution is -0.134. The summed E-state index contributed by atoms with van der Waals surface area (Å²) in [7, 11) is 3.53. The van der Waals surface area contributed by atoms with Crippen LogP contribution in [0.25, 0.3) is 0 Å². The number of likely N-dealkylation sites (N-methyl/N-ethyl adjacent to an activating group) is 1. The lowest BCUT2D eigenvalue weighted by Gasteiger charge is -2.24. The molecule has 1 aliphatic carbocycles. The van der Waals surface area contributed by atoms with Crippen molar-refractivity contribution in [3.63, 3.8) is 0 Å². The van der Waals surface area contributed by atoms with E-state index in [0.29, 0.717) is 17.9 Å². The molecule has 1 saturated carbocycles. The highest BCUT2D eigenvalue weighted by Gasteiger charge is 2.52. The van der Waals surface area contributed by atoms with Gasteiger partial charge in [-0.1, -0.05) is 34.8 Å². The van der Waals surface area contributed by atoms with Crippen molar-refractivity contribution in [1.82, 2.24) is 4.90 Å². The fourth-order valence-electron chi connectivity index (χ4n) is 2.52. The van der Waals surface area contributed by atoms with Crippen molar-refractivity contribution in [3.8, 4) is 0 Å². The average molecular weight is 379 g/mol. The van der Waals surface area contributed by atoms with Gasteiger partial charge in [-0.05, 0) is 39.1 Å². The van der Waals surface area contributed by atoms with Crippen molar-refractivity contribution in [3.05, 3.63) is 44.1 Å². The summed E-state index contributed by atoms with van der Waals surface area (Å²) in [6, 6.07) is 2.82. The van der Waals surface area contributed by atoms with E-state index in [4.69, 9.17) is 40.2 Å². The zero-order valence-corrected chi connectivity index (χ0v) is 14.8. The summed E-state index contributed by atoms with van der Waals surface area (Å²) in [6.45, 7) is 0. The normalized spacial score (nSPS) is 17.0. The van der Waals surface area contributed by atoms with E-state index in [0.717, 1.165) is 0 Å².